The zero-order valence-electron chi connectivity index (χ0n) is 17.1. The summed E-state index contributed by atoms with van der Waals surface area (Å²) >= 11 is 2.67. The number of fused-ring (bicyclic) bond motifs is 1. The van der Waals surface area contributed by atoms with Gasteiger partial charge in [-0.15, -0.1) is 11.3 Å². The summed E-state index contributed by atoms with van der Waals surface area (Å²) in [4.78, 5) is 31.0. The average Bonchev–Trinajstić information content (AvgIpc) is 3.22. The lowest BCUT2D eigenvalue weighted by Gasteiger charge is -2.11. The van der Waals surface area contributed by atoms with E-state index in [0.717, 1.165) is 10.4 Å². The van der Waals surface area contributed by atoms with Gasteiger partial charge in [0.15, 0.2) is 5.16 Å². The zero-order valence-corrected chi connectivity index (χ0v) is 18.8. The van der Waals surface area contributed by atoms with Crippen LogP contribution < -0.4 is 15.6 Å². The van der Waals surface area contributed by atoms with Crippen LogP contribution in [0, 0.1) is 0 Å². The number of carbonyl (C=O) groups is 1. The van der Waals surface area contributed by atoms with Gasteiger partial charge in [0.1, 0.15) is 10.4 Å². The van der Waals surface area contributed by atoms with E-state index in [0.29, 0.717) is 33.4 Å². The number of nitrogens with one attached hydrogen (secondary N) is 1. The van der Waals surface area contributed by atoms with E-state index < -0.39 is 0 Å². The SMILES string of the molecule is CCOc1ccccc1NC(=O)CSc1nc2cc(-c3ccccc3)sc2c(=O)n1C. The highest BCUT2D eigenvalue weighted by Gasteiger charge is 2.15. The molecule has 8 heteroatoms. The Balaban J connectivity index is 1.53. The van der Waals surface area contributed by atoms with E-state index in [-0.39, 0.29) is 17.2 Å². The second-order valence-electron chi connectivity index (χ2n) is 6.72. The molecule has 0 aliphatic carbocycles. The van der Waals surface area contributed by atoms with Gasteiger partial charge in [0.2, 0.25) is 5.91 Å². The predicted molar refractivity (Wildman–Crippen MR) is 127 cm³/mol. The van der Waals surface area contributed by atoms with Crippen molar-refractivity contribution in [2.75, 3.05) is 17.7 Å². The molecule has 0 saturated heterocycles. The number of carbonyl (C=O) groups excluding carboxylic acids is 1. The zero-order chi connectivity index (χ0) is 21.8. The van der Waals surface area contributed by atoms with E-state index in [1.165, 1.54) is 27.7 Å². The number of aromatic nitrogens is 2. The van der Waals surface area contributed by atoms with Gasteiger partial charge in [-0.1, -0.05) is 54.2 Å². The third-order valence-corrected chi connectivity index (χ3v) is 6.76. The summed E-state index contributed by atoms with van der Waals surface area (Å²) < 4.78 is 7.66. The Morgan fingerprint density at radius 2 is 1.90 bits per heavy atom. The first-order valence-electron chi connectivity index (χ1n) is 9.77. The Labute approximate surface area is 187 Å². The normalized spacial score (nSPS) is 10.9. The summed E-state index contributed by atoms with van der Waals surface area (Å²) in [7, 11) is 1.68. The minimum atomic E-state index is -0.193. The highest BCUT2D eigenvalue weighted by molar-refractivity contribution is 7.99. The summed E-state index contributed by atoms with van der Waals surface area (Å²) in [5.74, 6) is 0.561. The summed E-state index contributed by atoms with van der Waals surface area (Å²) in [5, 5.41) is 3.37. The van der Waals surface area contributed by atoms with Crippen LogP contribution in [-0.2, 0) is 11.8 Å². The van der Waals surface area contributed by atoms with E-state index in [9.17, 15) is 9.59 Å². The molecule has 0 saturated carbocycles. The third-order valence-electron chi connectivity index (χ3n) is 4.57. The molecule has 0 radical (unpaired) electrons. The quantitative estimate of drug-likeness (QED) is 0.323. The molecule has 0 bridgehead atoms. The molecule has 4 rings (SSSR count). The topological polar surface area (TPSA) is 73.2 Å². The van der Waals surface area contributed by atoms with Gasteiger partial charge in [-0.05, 0) is 30.7 Å². The van der Waals surface area contributed by atoms with E-state index in [2.05, 4.69) is 10.3 Å². The second kappa shape index (κ2) is 9.36. The van der Waals surface area contributed by atoms with Crippen molar-refractivity contribution < 1.29 is 9.53 Å². The van der Waals surface area contributed by atoms with Crippen molar-refractivity contribution in [2.24, 2.45) is 7.05 Å². The number of thioether (sulfide) groups is 1. The third kappa shape index (κ3) is 4.65. The average molecular weight is 452 g/mol. The number of para-hydroxylation sites is 2. The van der Waals surface area contributed by atoms with Crippen molar-refractivity contribution in [3.05, 3.63) is 71.0 Å². The molecule has 2 aromatic carbocycles. The minimum absolute atomic E-state index is 0.109. The fourth-order valence-electron chi connectivity index (χ4n) is 3.08. The number of thiophene rings is 1. The molecule has 158 valence electrons. The summed E-state index contributed by atoms with van der Waals surface area (Å²) in [6.45, 7) is 2.41. The lowest BCUT2D eigenvalue weighted by molar-refractivity contribution is -0.113. The number of nitrogens with zero attached hydrogens (tertiary/aromatic N) is 2. The molecule has 0 spiro atoms. The smallest absolute Gasteiger partial charge is 0.271 e. The first-order chi connectivity index (χ1) is 15.1. The summed E-state index contributed by atoms with van der Waals surface area (Å²) in [5.41, 5.74) is 2.21. The molecule has 1 amide bonds. The first kappa shape index (κ1) is 21.1. The molecule has 0 fully saturated rings. The number of rotatable bonds is 7. The predicted octanol–water partition coefficient (Wildman–Crippen LogP) is 4.79. The van der Waals surface area contributed by atoms with Crippen molar-refractivity contribution in [1.82, 2.24) is 9.55 Å². The Morgan fingerprint density at radius 3 is 2.68 bits per heavy atom. The van der Waals surface area contributed by atoms with Gasteiger partial charge >= 0.3 is 0 Å². The van der Waals surface area contributed by atoms with Gasteiger partial charge in [0, 0.05) is 11.9 Å². The van der Waals surface area contributed by atoms with Crippen LogP contribution in [0.25, 0.3) is 20.7 Å². The van der Waals surface area contributed by atoms with Gasteiger partial charge in [-0.3, -0.25) is 14.2 Å². The minimum Gasteiger partial charge on any atom is -0.492 e. The van der Waals surface area contributed by atoms with Crippen LogP contribution in [0.1, 0.15) is 6.92 Å². The van der Waals surface area contributed by atoms with E-state index in [1.807, 2.05) is 61.5 Å². The Hall–Kier alpha value is -3.10. The Morgan fingerprint density at radius 1 is 1.16 bits per heavy atom. The largest absolute Gasteiger partial charge is 0.492 e. The number of hydrogen-bond acceptors (Lipinski definition) is 6. The van der Waals surface area contributed by atoms with Crippen molar-refractivity contribution in [3.63, 3.8) is 0 Å². The summed E-state index contributed by atoms with van der Waals surface area (Å²) in [6.07, 6.45) is 0. The molecule has 31 heavy (non-hydrogen) atoms. The number of anilines is 1. The lowest BCUT2D eigenvalue weighted by Crippen LogP contribution is -2.20. The number of benzene rings is 2. The molecular formula is C23H21N3O3S2. The fraction of sp³-hybridized carbons (Fsp3) is 0.174. The van der Waals surface area contributed by atoms with Crippen LogP contribution in [-0.4, -0.2) is 27.8 Å². The number of amides is 1. The maximum atomic E-state index is 12.8. The van der Waals surface area contributed by atoms with E-state index in [4.69, 9.17) is 4.74 Å². The fourth-order valence-corrected chi connectivity index (χ4v) is 4.93. The molecule has 0 aliphatic rings. The van der Waals surface area contributed by atoms with Gasteiger partial charge in [-0.25, -0.2) is 4.98 Å². The molecule has 4 aromatic rings. The van der Waals surface area contributed by atoms with Crippen LogP contribution in [0.3, 0.4) is 0 Å². The maximum absolute atomic E-state index is 12.8. The molecule has 2 aromatic heterocycles. The highest BCUT2D eigenvalue weighted by Crippen LogP contribution is 2.32. The van der Waals surface area contributed by atoms with E-state index >= 15 is 0 Å². The summed E-state index contributed by atoms with van der Waals surface area (Å²) in [6, 6.07) is 19.1. The van der Waals surface area contributed by atoms with Crippen LogP contribution in [0.2, 0.25) is 0 Å². The Bertz CT molecular complexity index is 1280. The standard InChI is InChI=1S/C23H21N3O3S2/c1-3-29-18-12-8-7-11-16(18)24-20(27)14-30-23-25-17-13-19(15-9-5-4-6-10-15)31-21(17)22(28)26(23)2/h4-13H,3,14H2,1-2H3,(H,24,27). The van der Waals surface area contributed by atoms with E-state index in [1.54, 1.807) is 13.1 Å². The molecule has 1 N–H and O–H groups in total. The molecule has 0 atom stereocenters. The van der Waals surface area contributed by atoms with Gasteiger partial charge < -0.3 is 10.1 Å². The molecule has 2 heterocycles. The highest BCUT2D eigenvalue weighted by atomic mass is 32.2. The number of ether oxygens (including phenoxy) is 1. The Kier molecular flexibility index (Phi) is 6.39. The molecular weight excluding hydrogens is 430 g/mol. The van der Waals surface area contributed by atoms with Crippen molar-refractivity contribution in [3.8, 4) is 16.2 Å². The molecule has 0 aliphatic heterocycles. The number of hydrogen-bond donors (Lipinski definition) is 1. The van der Waals surface area contributed by atoms with Gasteiger partial charge in [0.05, 0.1) is 23.6 Å². The monoisotopic (exact) mass is 451 g/mol. The maximum Gasteiger partial charge on any atom is 0.271 e. The van der Waals surface area contributed by atoms with Crippen molar-refractivity contribution in [2.45, 2.75) is 12.1 Å². The van der Waals surface area contributed by atoms with Crippen LogP contribution in [0.5, 0.6) is 5.75 Å². The van der Waals surface area contributed by atoms with Crippen molar-refractivity contribution >= 4 is 44.9 Å². The first-order valence-corrected chi connectivity index (χ1v) is 11.6. The van der Waals surface area contributed by atoms with Crippen LogP contribution >= 0.6 is 23.1 Å². The molecule has 6 nitrogen and oxygen atoms in total. The van der Waals surface area contributed by atoms with Crippen LogP contribution in [0.15, 0.2) is 70.6 Å². The van der Waals surface area contributed by atoms with Crippen molar-refractivity contribution in [1.29, 1.82) is 0 Å². The molecule has 0 unspecified atom stereocenters. The van der Waals surface area contributed by atoms with Gasteiger partial charge in [-0.2, -0.15) is 0 Å². The second-order valence-corrected chi connectivity index (χ2v) is 8.71. The lowest BCUT2D eigenvalue weighted by atomic mass is 10.2. The van der Waals surface area contributed by atoms with Crippen LogP contribution in [0.4, 0.5) is 5.69 Å². The van der Waals surface area contributed by atoms with Gasteiger partial charge in [0.25, 0.3) is 5.56 Å².